The van der Waals surface area contributed by atoms with Crippen LogP contribution in [0.4, 0.5) is 17.3 Å². The van der Waals surface area contributed by atoms with Gasteiger partial charge in [0, 0.05) is 32.1 Å². The summed E-state index contributed by atoms with van der Waals surface area (Å²) in [7, 11) is 0. The third kappa shape index (κ3) is 5.08. The van der Waals surface area contributed by atoms with Crippen molar-refractivity contribution in [3.05, 3.63) is 99.3 Å². The van der Waals surface area contributed by atoms with E-state index in [1.807, 2.05) is 74.5 Å². The smallest absolute Gasteiger partial charge is 0.251 e. The summed E-state index contributed by atoms with van der Waals surface area (Å²) in [5.41, 5.74) is 4.92. The number of benzene rings is 3. The second-order valence-corrected chi connectivity index (χ2v) is 10.4. The fourth-order valence-electron chi connectivity index (χ4n) is 4.14. The molecule has 4 aromatic rings. The van der Waals surface area contributed by atoms with E-state index in [0.717, 1.165) is 37.3 Å². The number of rotatable bonds is 5. The Morgan fingerprint density at radius 2 is 1.78 bits per heavy atom. The number of carbonyl (C=O) groups excluding carboxylic acids is 2. The lowest BCUT2D eigenvalue weighted by Gasteiger charge is -2.27. The van der Waals surface area contributed by atoms with E-state index in [4.69, 9.17) is 4.98 Å². The zero-order valence-electron chi connectivity index (χ0n) is 19.8. The van der Waals surface area contributed by atoms with Crippen LogP contribution < -0.4 is 16.0 Å². The molecule has 36 heavy (non-hydrogen) atoms. The number of hydrogen-bond donors (Lipinski definition) is 3. The van der Waals surface area contributed by atoms with Crippen LogP contribution in [0.25, 0.3) is 11.3 Å². The first-order chi connectivity index (χ1) is 17.3. The molecule has 0 radical (unpaired) electrons. The van der Waals surface area contributed by atoms with Crippen LogP contribution in [0.2, 0.25) is 0 Å². The molecule has 0 atom stereocenters. The van der Waals surface area contributed by atoms with Gasteiger partial charge >= 0.3 is 0 Å². The number of fused-ring (bicyclic) bond motifs is 3. The van der Waals surface area contributed by atoms with E-state index in [-0.39, 0.29) is 18.2 Å². The number of hydrogen-bond acceptors (Lipinski definition) is 5. The van der Waals surface area contributed by atoms with E-state index >= 15 is 0 Å². The minimum Gasteiger partial charge on any atom is -0.343 e. The molecule has 0 spiro atoms. The van der Waals surface area contributed by atoms with Crippen LogP contribution in [0.15, 0.2) is 79.0 Å². The molecule has 1 aliphatic heterocycles. The molecule has 1 aliphatic rings. The monoisotopic (exact) mass is 589 g/mol. The Balaban J connectivity index is 1.34. The maximum Gasteiger partial charge on any atom is 0.251 e. The average molecular weight is 589 g/mol. The van der Waals surface area contributed by atoms with Crippen LogP contribution in [-0.2, 0) is 16.8 Å². The van der Waals surface area contributed by atoms with Gasteiger partial charge in [0.2, 0.25) is 11.9 Å². The highest BCUT2D eigenvalue weighted by molar-refractivity contribution is 14.1. The molecule has 1 aromatic heterocycles. The van der Waals surface area contributed by atoms with Crippen molar-refractivity contribution in [1.29, 1.82) is 0 Å². The van der Waals surface area contributed by atoms with E-state index in [2.05, 4.69) is 43.5 Å². The average Bonchev–Trinajstić information content (AvgIpc) is 2.99. The fraction of sp³-hybridized carbons (Fsp3) is 0.143. The Morgan fingerprint density at radius 1 is 1.03 bits per heavy atom. The molecule has 7 nitrogen and oxygen atoms in total. The predicted octanol–water partition coefficient (Wildman–Crippen LogP) is 5.65. The minimum absolute atomic E-state index is 0.0920. The number of anilines is 3. The van der Waals surface area contributed by atoms with E-state index in [1.54, 1.807) is 18.3 Å². The summed E-state index contributed by atoms with van der Waals surface area (Å²) in [5.74, 6) is 0.167. The zero-order chi connectivity index (χ0) is 25.3. The molecule has 3 aromatic carbocycles. The first-order valence-corrected chi connectivity index (χ1v) is 12.6. The standard InChI is InChI=1S/C28H24IN5O2/c1-28(2,19-6-4-3-5-7-19)34-26(36)17-8-11-21(12-9-17)31-27-30-16-18-14-24(35)32-23-15-20(29)10-13-22(23)25(18)33-27/h3-13,15-16H,14H2,1-2H3,(H,32,35)(H,34,36)(H,30,31,33). The van der Waals surface area contributed by atoms with Crippen LogP contribution in [-0.4, -0.2) is 21.8 Å². The summed E-state index contributed by atoms with van der Waals surface area (Å²) in [6.45, 7) is 3.96. The third-order valence-corrected chi connectivity index (χ3v) is 6.72. The maximum atomic E-state index is 12.9. The second-order valence-electron chi connectivity index (χ2n) is 9.13. The lowest BCUT2D eigenvalue weighted by Crippen LogP contribution is -2.40. The first kappa shape index (κ1) is 23.9. The number of nitrogens with one attached hydrogen (secondary N) is 3. The van der Waals surface area contributed by atoms with Crippen molar-refractivity contribution in [3.8, 4) is 11.3 Å². The van der Waals surface area contributed by atoms with Gasteiger partial charge in [0.1, 0.15) is 0 Å². The van der Waals surface area contributed by atoms with Crippen molar-refractivity contribution in [1.82, 2.24) is 15.3 Å². The number of nitrogens with zero attached hydrogens (tertiary/aromatic N) is 2. The molecule has 0 saturated carbocycles. The fourth-order valence-corrected chi connectivity index (χ4v) is 4.63. The molecule has 2 amide bonds. The van der Waals surface area contributed by atoms with Gasteiger partial charge in [-0.3, -0.25) is 9.59 Å². The maximum absolute atomic E-state index is 12.9. The Morgan fingerprint density at radius 3 is 2.53 bits per heavy atom. The van der Waals surface area contributed by atoms with Gasteiger partial charge in [-0.1, -0.05) is 30.3 Å². The molecule has 5 rings (SSSR count). The van der Waals surface area contributed by atoms with Gasteiger partial charge in [0.05, 0.1) is 23.3 Å². The normalized spacial score (nSPS) is 12.6. The van der Waals surface area contributed by atoms with E-state index in [1.165, 1.54) is 0 Å². The summed E-state index contributed by atoms with van der Waals surface area (Å²) < 4.78 is 1.03. The van der Waals surface area contributed by atoms with Crippen molar-refractivity contribution in [2.24, 2.45) is 0 Å². The second kappa shape index (κ2) is 9.69. The summed E-state index contributed by atoms with van der Waals surface area (Å²) in [5, 5.41) is 9.26. The van der Waals surface area contributed by atoms with Crippen molar-refractivity contribution in [2.75, 3.05) is 10.6 Å². The topological polar surface area (TPSA) is 96.0 Å². The molecule has 0 fully saturated rings. The Hall–Kier alpha value is -3.79. The minimum atomic E-state index is -0.504. The van der Waals surface area contributed by atoms with Gasteiger partial charge in [0.15, 0.2) is 0 Å². The lowest BCUT2D eigenvalue weighted by molar-refractivity contribution is -0.115. The molecule has 0 bridgehead atoms. The third-order valence-electron chi connectivity index (χ3n) is 6.05. The summed E-state index contributed by atoms with van der Waals surface area (Å²) >= 11 is 2.22. The van der Waals surface area contributed by atoms with Crippen LogP contribution in [0, 0.1) is 3.57 Å². The Kier molecular flexibility index (Phi) is 6.44. The van der Waals surface area contributed by atoms with Crippen molar-refractivity contribution in [3.63, 3.8) is 0 Å². The van der Waals surface area contributed by atoms with Crippen LogP contribution in [0.3, 0.4) is 0 Å². The van der Waals surface area contributed by atoms with Gasteiger partial charge < -0.3 is 16.0 Å². The molecule has 0 saturated heterocycles. The lowest BCUT2D eigenvalue weighted by atomic mass is 9.94. The number of aromatic nitrogens is 2. The van der Waals surface area contributed by atoms with Crippen molar-refractivity contribution < 1.29 is 9.59 Å². The van der Waals surface area contributed by atoms with E-state index < -0.39 is 5.54 Å². The van der Waals surface area contributed by atoms with Crippen molar-refractivity contribution in [2.45, 2.75) is 25.8 Å². The Labute approximate surface area is 222 Å². The largest absolute Gasteiger partial charge is 0.343 e. The summed E-state index contributed by atoms with van der Waals surface area (Å²) in [4.78, 5) is 34.3. The molecular weight excluding hydrogens is 565 g/mol. The highest BCUT2D eigenvalue weighted by Crippen LogP contribution is 2.34. The molecule has 0 aliphatic carbocycles. The van der Waals surface area contributed by atoms with Crippen LogP contribution in [0.5, 0.6) is 0 Å². The van der Waals surface area contributed by atoms with Crippen LogP contribution >= 0.6 is 22.6 Å². The molecule has 3 N–H and O–H groups in total. The van der Waals surface area contributed by atoms with Crippen molar-refractivity contribution >= 4 is 51.7 Å². The van der Waals surface area contributed by atoms with Gasteiger partial charge in [-0.2, -0.15) is 0 Å². The van der Waals surface area contributed by atoms with E-state index in [9.17, 15) is 9.59 Å². The number of amides is 2. The van der Waals surface area contributed by atoms with Gasteiger partial charge in [-0.25, -0.2) is 9.97 Å². The Bertz CT molecular complexity index is 1450. The van der Waals surface area contributed by atoms with Crippen LogP contribution in [0.1, 0.15) is 35.3 Å². The quantitative estimate of drug-likeness (QED) is 0.262. The number of carbonyl (C=O) groups is 2. The van der Waals surface area contributed by atoms with Gasteiger partial charge in [-0.05, 0) is 84.5 Å². The van der Waals surface area contributed by atoms with E-state index in [0.29, 0.717) is 11.5 Å². The molecule has 0 unspecified atom stereocenters. The van der Waals surface area contributed by atoms with Gasteiger partial charge in [-0.15, -0.1) is 0 Å². The zero-order valence-corrected chi connectivity index (χ0v) is 22.0. The molecular formula is C28H24IN5O2. The summed E-state index contributed by atoms with van der Waals surface area (Å²) in [6, 6.07) is 22.9. The predicted molar refractivity (Wildman–Crippen MR) is 149 cm³/mol. The SMILES string of the molecule is CC(C)(NC(=O)c1ccc(Nc2ncc3c(n2)-c2ccc(I)cc2NC(=O)C3)cc1)c1ccccc1. The molecule has 2 heterocycles. The highest BCUT2D eigenvalue weighted by atomic mass is 127. The molecule has 180 valence electrons. The highest BCUT2D eigenvalue weighted by Gasteiger charge is 2.24. The number of halogens is 1. The molecule has 8 heteroatoms. The summed E-state index contributed by atoms with van der Waals surface area (Å²) in [6.07, 6.45) is 1.90. The van der Waals surface area contributed by atoms with Gasteiger partial charge in [0.25, 0.3) is 5.91 Å². The first-order valence-electron chi connectivity index (χ1n) is 11.5.